The molecule has 0 aromatic rings. The van der Waals surface area contributed by atoms with Gasteiger partial charge in [-0.15, -0.1) is 0 Å². The van der Waals surface area contributed by atoms with Gasteiger partial charge in [-0.25, -0.2) is 5.90 Å². The molecule has 1 fully saturated rings. The number of carbonyl (C=O) groups is 1. The van der Waals surface area contributed by atoms with Crippen molar-refractivity contribution in [1.29, 1.82) is 0 Å². The molecule has 1 saturated heterocycles. The van der Waals surface area contributed by atoms with Crippen LogP contribution in [0.15, 0.2) is 0 Å². The van der Waals surface area contributed by atoms with Crippen LogP contribution in [0.4, 0.5) is 0 Å². The van der Waals surface area contributed by atoms with Crippen LogP contribution in [-0.2, 0) is 23.4 Å². The van der Waals surface area contributed by atoms with Crippen LogP contribution in [0.5, 0.6) is 0 Å². The Kier molecular flexibility index (Phi) is 9.88. The largest absolute Gasteiger partial charge is 0.480 e. The molecule has 1 heterocycles. The van der Waals surface area contributed by atoms with E-state index in [1.165, 1.54) is 0 Å². The summed E-state index contributed by atoms with van der Waals surface area (Å²) >= 11 is 0. The van der Waals surface area contributed by atoms with Crippen molar-refractivity contribution < 1.29 is 33.7 Å². The minimum absolute atomic E-state index is 0. The first-order valence-corrected chi connectivity index (χ1v) is 3.03. The van der Waals surface area contributed by atoms with Gasteiger partial charge in [0.1, 0.15) is 6.04 Å². The number of nitrogens with two attached hydrogens (primary N) is 1. The van der Waals surface area contributed by atoms with Crippen molar-refractivity contribution in [2.24, 2.45) is 5.90 Å². The molecular formula is C5H12N2O3V. The van der Waals surface area contributed by atoms with Crippen LogP contribution in [0.2, 0.25) is 0 Å². The van der Waals surface area contributed by atoms with E-state index in [1.54, 1.807) is 0 Å². The van der Waals surface area contributed by atoms with E-state index < -0.39 is 5.97 Å². The molecule has 1 radical (unpaired) electrons. The maximum Gasteiger partial charge on any atom is 0.320 e. The van der Waals surface area contributed by atoms with Crippen molar-refractivity contribution in [2.75, 3.05) is 6.54 Å². The molecule has 0 amide bonds. The normalized spacial score (nSPS) is 21.1. The summed E-state index contributed by atoms with van der Waals surface area (Å²) in [7, 11) is 0. The fraction of sp³-hybridized carbons (Fsp3) is 0.800. The zero-order valence-electron chi connectivity index (χ0n) is 6.03. The molecule has 0 unspecified atom stereocenters. The Morgan fingerprint density at radius 1 is 1.55 bits per heavy atom. The van der Waals surface area contributed by atoms with Gasteiger partial charge in [0, 0.05) is 18.6 Å². The number of rotatable bonds is 1. The van der Waals surface area contributed by atoms with E-state index in [1.807, 2.05) is 0 Å². The fourth-order valence-electron chi connectivity index (χ4n) is 0.895. The van der Waals surface area contributed by atoms with Gasteiger partial charge in [0.2, 0.25) is 0 Å². The van der Waals surface area contributed by atoms with E-state index in [-0.39, 0.29) is 24.6 Å². The summed E-state index contributed by atoms with van der Waals surface area (Å²) < 4.78 is 0. The predicted octanol–water partition coefficient (Wildman–Crippen LogP) is -0.845. The maximum atomic E-state index is 10.1. The van der Waals surface area contributed by atoms with Crippen molar-refractivity contribution in [3.05, 3.63) is 0 Å². The SMILES string of the molecule is NO.O=C(O)[C@@H]1CCCN1.[V]. The molecule has 1 aliphatic rings. The molecule has 5 N–H and O–H groups in total. The van der Waals surface area contributed by atoms with Gasteiger partial charge in [-0.2, -0.15) is 0 Å². The molecule has 65 valence electrons. The Bertz CT molecular complexity index is 106. The van der Waals surface area contributed by atoms with Gasteiger partial charge in [0.15, 0.2) is 0 Å². The van der Waals surface area contributed by atoms with Gasteiger partial charge in [0.05, 0.1) is 0 Å². The second-order valence-electron chi connectivity index (χ2n) is 1.99. The van der Waals surface area contributed by atoms with E-state index in [0.717, 1.165) is 19.4 Å². The molecule has 0 aliphatic carbocycles. The maximum absolute atomic E-state index is 10.1. The van der Waals surface area contributed by atoms with E-state index in [0.29, 0.717) is 0 Å². The third-order valence-electron chi connectivity index (χ3n) is 1.36. The molecule has 1 rings (SSSR count). The Hall–Kier alpha value is -0.0656. The molecule has 1 atom stereocenters. The first-order chi connectivity index (χ1) is 4.80. The van der Waals surface area contributed by atoms with E-state index in [4.69, 9.17) is 10.3 Å². The van der Waals surface area contributed by atoms with Gasteiger partial charge in [-0.1, -0.05) is 0 Å². The molecule has 0 aromatic heterocycles. The second-order valence-corrected chi connectivity index (χ2v) is 1.99. The fourth-order valence-corrected chi connectivity index (χ4v) is 0.895. The summed E-state index contributed by atoms with van der Waals surface area (Å²) in [6.45, 7) is 0.858. The van der Waals surface area contributed by atoms with E-state index in [9.17, 15) is 4.79 Å². The molecule has 0 bridgehead atoms. The number of carboxylic acid groups (broad SMARTS) is 1. The van der Waals surface area contributed by atoms with E-state index >= 15 is 0 Å². The number of carboxylic acids is 1. The molecule has 1 aliphatic heterocycles. The van der Waals surface area contributed by atoms with Crippen molar-refractivity contribution in [3.63, 3.8) is 0 Å². The molecular weight excluding hydrogens is 187 g/mol. The Labute approximate surface area is 76.8 Å². The molecule has 5 nitrogen and oxygen atoms in total. The van der Waals surface area contributed by atoms with E-state index in [2.05, 4.69) is 11.2 Å². The average Bonchev–Trinajstić information content (AvgIpc) is 2.42. The van der Waals surface area contributed by atoms with Crippen LogP contribution < -0.4 is 11.2 Å². The van der Waals surface area contributed by atoms with Gasteiger partial charge in [-0.05, 0) is 19.4 Å². The Morgan fingerprint density at radius 2 is 2.09 bits per heavy atom. The number of hydrogen-bond acceptors (Lipinski definition) is 4. The number of aliphatic carboxylic acids is 1. The summed E-state index contributed by atoms with van der Waals surface area (Å²) in [6.07, 6.45) is 1.78. The van der Waals surface area contributed by atoms with Crippen LogP contribution >= 0.6 is 0 Å². The number of hydrogen-bond donors (Lipinski definition) is 4. The van der Waals surface area contributed by atoms with Crippen molar-refractivity contribution in [2.45, 2.75) is 18.9 Å². The summed E-state index contributed by atoms with van der Waals surface area (Å²) in [6, 6.07) is -0.269. The minimum atomic E-state index is -0.720. The Balaban J connectivity index is 0. The molecule has 6 heteroatoms. The smallest absolute Gasteiger partial charge is 0.320 e. The monoisotopic (exact) mass is 199 g/mol. The summed E-state index contributed by atoms with van der Waals surface area (Å²) in [5.41, 5.74) is 0. The first kappa shape index (κ1) is 13.5. The quantitative estimate of drug-likeness (QED) is 0.413. The van der Waals surface area contributed by atoms with Gasteiger partial charge >= 0.3 is 5.97 Å². The predicted molar refractivity (Wildman–Crippen MR) is 34.6 cm³/mol. The minimum Gasteiger partial charge on any atom is -0.480 e. The van der Waals surface area contributed by atoms with Crippen LogP contribution in [0.25, 0.3) is 0 Å². The summed E-state index contributed by atoms with van der Waals surface area (Å²) in [4.78, 5) is 10.1. The van der Waals surface area contributed by atoms with Gasteiger partial charge in [-0.3, -0.25) is 4.79 Å². The van der Waals surface area contributed by atoms with Crippen LogP contribution in [0.3, 0.4) is 0 Å². The third-order valence-corrected chi connectivity index (χ3v) is 1.36. The van der Waals surface area contributed by atoms with Crippen molar-refractivity contribution in [3.8, 4) is 0 Å². The molecule has 11 heavy (non-hydrogen) atoms. The Morgan fingerprint density at radius 3 is 2.27 bits per heavy atom. The molecule has 0 aromatic carbocycles. The second kappa shape index (κ2) is 8.04. The third kappa shape index (κ3) is 5.23. The molecule has 0 saturated carbocycles. The average molecular weight is 199 g/mol. The zero-order chi connectivity index (χ0) is 7.98. The molecule has 0 spiro atoms. The topological polar surface area (TPSA) is 95.6 Å². The van der Waals surface area contributed by atoms with Gasteiger partial charge < -0.3 is 15.6 Å². The first-order valence-electron chi connectivity index (χ1n) is 3.03. The zero-order valence-corrected chi connectivity index (χ0v) is 7.42. The summed E-state index contributed by atoms with van der Waals surface area (Å²) in [5.74, 6) is 2.78. The van der Waals surface area contributed by atoms with Gasteiger partial charge in [0.25, 0.3) is 0 Å². The van der Waals surface area contributed by atoms with Crippen LogP contribution in [0, 0.1) is 0 Å². The summed E-state index contributed by atoms with van der Waals surface area (Å²) in [5, 5.41) is 17.7. The van der Waals surface area contributed by atoms with Crippen LogP contribution in [0.1, 0.15) is 12.8 Å². The van der Waals surface area contributed by atoms with Crippen molar-refractivity contribution in [1.82, 2.24) is 5.32 Å². The van der Waals surface area contributed by atoms with Crippen LogP contribution in [-0.4, -0.2) is 28.9 Å². The standard InChI is InChI=1S/C5H9NO2.H3NO.V/c7-5(8)4-2-1-3-6-4;1-2;/h4,6H,1-3H2,(H,7,8);2H,1H2;/t4-;;/m0../s1. The van der Waals surface area contributed by atoms with Crippen molar-refractivity contribution >= 4 is 5.97 Å². The number of nitrogens with one attached hydrogen (secondary N) is 1.